The molecule has 1 amide bonds. The number of aromatic nitrogens is 1. The molecule has 34 heavy (non-hydrogen) atoms. The summed E-state index contributed by atoms with van der Waals surface area (Å²) in [6, 6.07) is 7.85. The summed E-state index contributed by atoms with van der Waals surface area (Å²) in [6.45, 7) is 2.38. The number of hydrogen-bond acceptors (Lipinski definition) is 6. The third-order valence-electron chi connectivity index (χ3n) is 8.15. The average molecular weight is 483 g/mol. The molecule has 0 radical (unpaired) electrons. The molecule has 1 aromatic heterocycles. The van der Waals surface area contributed by atoms with Crippen LogP contribution in [0.3, 0.4) is 0 Å². The van der Waals surface area contributed by atoms with Crippen molar-refractivity contribution in [3.05, 3.63) is 41.3 Å². The van der Waals surface area contributed by atoms with Crippen molar-refractivity contribution in [3.63, 3.8) is 0 Å². The fourth-order valence-corrected chi connectivity index (χ4v) is 8.05. The number of amides is 1. The quantitative estimate of drug-likeness (QED) is 0.721. The molecule has 2 aliphatic carbocycles. The standard InChI is InChI=1S/C25H30N4O4S/c1-16-21-19-10-6-5-9-18(19)15-20(22(21)28-33-16)34(31,32)29-13-11-25(12-14-29)24(30)26-23(27-25)17-7-3-2-4-8-17/h5-6,9-10,17,20H,2-4,7-8,11-15H2,1H3,(H,26,27,30). The van der Waals surface area contributed by atoms with Gasteiger partial charge in [0.1, 0.15) is 28.1 Å². The van der Waals surface area contributed by atoms with Crippen LogP contribution in [0.5, 0.6) is 0 Å². The van der Waals surface area contributed by atoms with Gasteiger partial charge in [-0.2, -0.15) is 0 Å². The van der Waals surface area contributed by atoms with Crippen molar-refractivity contribution in [1.82, 2.24) is 14.8 Å². The Morgan fingerprint density at radius 2 is 1.85 bits per heavy atom. The zero-order valence-corrected chi connectivity index (χ0v) is 20.2. The van der Waals surface area contributed by atoms with E-state index in [0.29, 0.717) is 36.6 Å². The third-order valence-corrected chi connectivity index (χ3v) is 10.3. The number of benzene rings is 1. The number of fused-ring (bicyclic) bond motifs is 3. The summed E-state index contributed by atoms with van der Waals surface area (Å²) in [6.07, 6.45) is 6.90. The van der Waals surface area contributed by atoms with Gasteiger partial charge < -0.3 is 9.84 Å². The molecule has 1 unspecified atom stereocenters. The first kappa shape index (κ1) is 22.0. The molecule has 1 N–H and O–H groups in total. The van der Waals surface area contributed by atoms with Crippen LogP contribution in [-0.4, -0.2) is 48.3 Å². The van der Waals surface area contributed by atoms with E-state index in [-0.39, 0.29) is 19.0 Å². The summed E-state index contributed by atoms with van der Waals surface area (Å²) < 4.78 is 34.6. The lowest BCUT2D eigenvalue weighted by Gasteiger charge is -2.37. The Morgan fingerprint density at radius 1 is 1.12 bits per heavy atom. The Bertz CT molecular complexity index is 1270. The van der Waals surface area contributed by atoms with Gasteiger partial charge in [0.25, 0.3) is 5.91 Å². The number of aliphatic imine (C=N–C) groups is 1. The fourth-order valence-electron chi connectivity index (χ4n) is 6.16. The molecule has 180 valence electrons. The molecule has 1 spiro atoms. The van der Waals surface area contributed by atoms with Crippen molar-refractivity contribution in [1.29, 1.82) is 0 Å². The number of nitrogens with one attached hydrogen (secondary N) is 1. The van der Waals surface area contributed by atoms with Crippen LogP contribution < -0.4 is 5.32 Å². The van der Waals surface area contributed by atoms with Crippen LogP contribution in [-0.2, 0) is 21.2 Å². The summed E-state index contributed by atoms with van der Waals surface area (Å²) in [5.74, 6) is 1.72. The maximum atomic E-state index is 13.8. The summed E-state index contributed by atoms with van der Waals surface area (Å²) in [5, 5.41) is 6.43. The van der Waals surface area contributed by atoms with Crippen LogP contribution in [0.25, 0.3) is 11.1 Å². The lowest BCUT2D eigenvalue weighted by atomic mass is 9.88. The van der Waals surface area contributed by atoms with Gasteiger partial charge in [0.2, 0.25) is 10.0 Å². The molecule has 2 fully saturated rings. The van der Waals surface area contributed by atoms with Gasteiger partial charge in [-0.05, 0) is 50.2 Å². The predicted octanol–water partition coefficient (Wildman–Crippen LogP) is 3.52. The largest absolute Gasteiger partial charge is 0.361 e. The van der Waals surface area contributed by atoms with Gasteiger partial charge in [0, 0.05) is 24.6 Å². The molecular formula is C25H30N4O4S. The highest BCUT2D eigenvalue weighted by atomic mass is 32.2. The maximum Gasteiger partial charge on any atom is 0.253 e. The summed E-state index contributed by atoms with van der Waals surface area (Å²) in [4.78, 5) is 17.8. The second kappa shape index (κ2) is 8.02. The van der Waals surface area contributed by atoms with Crippen LogP contribution >= 0.6 is 0 Å². The minimum atomic E-state index is -3.69. The highest BCUT2D eigenvalue weighted by Gasteiger charge is 2.50. The van der Waals surface area contributed by atoms with Crippen molar-refractivity contribution in [2.45, 2.75) is 69.1 Å². The van der Waals surface area contributed by atoms with E-state index < -0.39 is 20.8 Å². The molecule has 2 aromatic rings. The second-order valence-corrected chi connectivity index (χ2v) is 12.2. The van der Waals surface area contributed by atoms with Gasteiger partial charge >= 0.3 is 0 Å². The number of piperidine rings is 1. The van der Waals surface area contributed by atoms with E-state index >= 15 is 0 Å². The normalized spacial score (nSPS) is 25.0. The Kier molecular flexibility index (Phi) is 5.18. The molecule has 2 aliphatic heterocycles. The van der Waals surface area contributed by atoms with Crippen molar-refractivity contribution >= 4 is 21.8 Å². The van der Waals surface area contributed by atoms with Crippen molar-refractivity contribution in [2.75, 3.05) is 13.1 Å². The van der Waals surface area contributed by atoms with E-state index in [9.17, 15) is 13.2 Å². The van der Waals surface area contributed by atoms with Crippen LogP contribution in [0.4, 0.5) is 0 Å². The Labute approximate surface area is 199 Å². The summed E-state index contributed by atoms with van der Waals surface area (Å²) in [5.41, 5.74) is 2.44. The van der Waals surface area contributed by atoms with Crippen LogP contribution in [0.2, 0.25) is 0 Å². The van der Waals surface area contributed by atoms with Gasteiger partial charge in [0.05, 0.1) is 0 Å². The number of carbonyl (C=O) groups excluding carboxylic acids is 1. The van der Waals surface area contributed by atoms with Crippen molar-refractivity contribution < 1.29 is 17.7 Å². The average Bonchev–Trinajstić information content (AvgIpc) is 3.40. The third kappa shape index (κ3) is 3.35. The minimum absolute atomic E-state index is 0.0638. The van der Waals surface area contributed by atoms with E-state index in [1.807, 2.05) is 31.2 Å². The monoisotopic (exact) mass is 482 g/mol. The number of nitrogens with zero attached hydrogens (tertiary/aromatic N) is 3. The topological polar surface area (TPSA) is 105 Å². The van der Waals surface area contributed by atoms with Crippen molar-refractivity contribution in [2.24, 2.45) is 10.9 Å². The first-order chi connectivity index (χ1) is 16.4. The van der Waals surface area contributed by atoms with E-state index in [4.69, 9.17) is 9.52 Å². The number of carbonyl (C=O) groups is 1. The molecule has 6 rings (SSSR count). The Hall–Kier alpha value is -2.52. The van der Waals surface area contributed by atoms with E-state index in [1.165, 1.54) is 23.6 Å². The zero-order chi connectivity index (χ0) is 23.5. The Balaban J connectivity index is 1.24. The highest BCUT2D eigenvalue weighted by Crippen LogP contribution is 2.45. The first-order valence-electron chi connectivity index (χ1n) is 12.3. The van der Waals surface area contributed by atoms with E-state index in [2.05, 4.69) is 10.5 Å². The molecule has 8 nitrogen and oxygen atoms in total. The number of rotatable bonds is 3. The van der Waals surface area contributed by atoms with Gasteiger partial charge in [-0.15, -0.1) is 0 Å². The number of aryl methyl sites for hydroxylation is 1. The van der Waals surface area contributed by atoms with E-state index in [0.717, 1.165) is 35.4 Å². The number of sulfonamides is 1. The molecule has 1 saturated heterocycles. The number of amidine groups is 1. The number of hydrogen-bond donors (Lipinski definition) is 1. The first-order valence-corrected chi connectivity index (χ1v) is 13.8. The fraction of sp³-hybridized carbons (Fsp3) is 0.560. The van der Waals surface area contributed by atoms with Crippen LogP contribution in [0.1, 0.15) is 67.2 Å². The molecular weight excluding hydrogens is 452 g/mol. The molecule has 1 saturated carbocycles. The molecule has 4 aliphatic rings. The van der Waals surface area contributed by atoms with E-state index in [1.54, 1.807) is 0 Å². The lowest BCUT2D eigenvalue weighted by Crippen LogP contribution is -2.51. The van der Waals surface area contributed by atoms with Crippen LogP contribution in [0, 0.1) is 12.8 Å². The summed E-state index contributed by atoms with van der Waals surface area (Å²) >= 11 is 0. The highest BCUT2D eigenvalue weighted by molar-refractivity contribution is 7.89. The zero-order valence-electron chi connectivity index (χ0n) is 19.4. The lowest BCUT2D eigenvalue weighted by molar-refractivity contribution is -0.125. The van der Waals surface area contributed by atoms with Gasteiger partial charge in [-0.1, -0.05) is 48.7 Å². The smallest absolute Gasteiger partial charge is 0.253 e. The molecule has 0 bridgehead atoms. The summed E-state index contributed by atoms with van der Waals surface area (Å²) in [7, 11) is -3.69. The molecule has 3 heterocycles. The van der Waals surface area contributed by atoms with Gasteiger partial charge in [-0.3, -0.25) is 9.79 Å². The Morgan fingerprint density at radius 3 is 2.62 bits per heavy atom. The molecule has 1 atom stereocenters. The van der Waals surface area contributed by atoms with Gasteiger partial charge in [-0.25, -0.2) is 12.7 Å². The maximum absolute atomic E-state index is 13.8. The van der Waals surface area contributed by atoms with Gasteiger partial charge in [0.15, 0.2) is 0 Å². The van der Waals surface area contributed by atoms with Crippen molar-refractivity contribution in [3.8, 4) is 11.1 Å². The predicted molar refractivity (Wildman–Crippen MR) is 128 cm³/mol. The SMILES string of the molecule is Cc1onc2c1-c1ccccc1CC2S(=O)(=O)N1CCC2(CC1)N=C(C1CCCCC1)NC2=O. The molecule has 9 heteroatoms. The second-order valence-electron chi connectivity index (χ2n) is 10.1. The van der Waals surface area contributed by atoms with Crippen LogP contribution in [0.15, 0.2) is 33.8 Å². The molecule has 1 aromatic carbocycles. The minimum Gasteiger partial charge on any atom is -0.361 e.